The Morgan fingerprint density at radius 2 is 1.61 bits per heavy atom. The number of carbonyl (C=O) groups excluding carboxylic acids is 1. The van der Waals surface area contributed by atoms with Crippen LogP contribution in [0.1, 0.15) is 21.6 Å². The van der Waals surface area contributed by atoms with Crippen LogP contribution in [-0.2, 0) is 0 Å². The standard InChI is InChI=1S/C22H23N5O/c1-16-17(2)24-20(19-10-6-7-11-23-19)25-21(16)26-12-14-27(15-13-26)22(28)18-8-4-3-5-9-18/h3-11H,12-15H2,1-2H3. The predicted octanol–water partition coefficient (Wildman–Crippen LogP) is 3.12. The normalized spacial score (nSPS) is 14.2. The highest BCUT2D eigenvalue weighted by molar-refractivity contribution is 5.94. The van der Waals surface area contributed by atoms with Gasteiger partial charge in [-0.25, -0.2) is 9.97 Å². The number of aromatic nitrogens is 3. The van der Waals surface area contributed by atoms with Crippen LogP contribution in [0, 0.1) is 13.8 Å². The number of carbonyl (C=O) groups is 1. The van der Waals surface area contributed by atoms with Gasteiger partial charge in [0.2, 0.25) is 0 Å². The number of hydrogen-bond acceptors (Lipinski definition) is 5. The van der Waals surface area contributed by atoms with E-state index in [-0.39, 0.29) is 5.91 Å². The molecule has 0 radical (unpaired) electrons. The molecule has 0 spiro atoms. The molecule has 0 bridgehead atoms. The van der Waals surface area contributed by atoms with Crippen LogP contribution in [0.3, 0.4) is 0 Å². The van der Waals surface area contributed by atoms with Crippen molar-refractivity contribution in [1.29, 1.82) is 0 Å². The summed E-state index contributed by atoms with van der Waals surface area (Å²) >= 11 is 0. The van der Waals surface area contributed by atoms with E-state index in [0.717, 1.165) is 41.4 Å². The molecular weight excluding hydrogens is 350 g/mol. The van der Waals surface area contributed by atoms with Gasteiger partial charge in [0.05, 0.1) is 0 Å². The van der Waals surface area contributed by atoms with Crippen molar-refractivity contribution < 1.29 is 4.79 Å². The van der Waals surface area contributed by atoms with Crippen LogP contribution >= 0.6 is 0 Å². The molecule has 1 aromatic carbocycles. The Balaban J connectivity index is 1.53. The van der Waals surface area contributed by atoms with Crippen LogP contribution in [0.4, 0.5) is 5.82 Å². The van der Waals surface area contributed by atoms with Crippen LogP contribution in [0.5, 0.6) is 0 Å². The van der Waals surface area contributed by atoms with Crippen LogP contribution < -0.4 is 4.90 Å². The van der Waals surface area contributed by atoms with Crippen molar-refractivity contribution in [2.75, 3.05) is 31.1 Å². The van der Waals surface area contributed by atoms with Gasteiger partial charge in [0.25, 0.3) is 5.91 Å². The van der Waals surface area contributed by atoms with Crippen molar-refractivity contribution in [3.05, 3.63) is 71.5 Å². The number of piperazine rings is 1. The summed E-state index contributed by atoms with van der Waals surface area (Å²) in [4.78, 5) is 30.6. The molecule has 1 fully saturated rings. The highest BCUT2D eigenvalue weighted by atomic mass is 16.2. The first kappa shape index (κ1) is 18.1. The molecule has 3 aromatic rings. The largest absolute Gasteiger partial charge is 0.353 e. The summed E-state index contributed by atoms with van der Waals surface area (Å²) in [6, 6.07) is 15.2. The number of pyridine rings is 1. The summed E-state index contributed by atoms with van der Waals surface area (Å²) in [7, 11) is 0. The van der Waals surface area contributed by atoms with Crippen molar-refractivity contribution in [2.45, 2.75) is 13.8 Å². The van der Waals surface area contributed by atoms with Crippen molar-refractivity contribution >= 4 is 11.7 Å². The molecule has 0 aliphatic carbocycles. The van der Waals surface area contributed by atoms with E-state index >= 15 is 0 Å². The Bertz CT molecular complexity index is 967. The zero-order valence-electron chi connectivity index (χ0n) is 16.2. The highest BCUT2D eigenvalue weighted by Crippen LogP contribution is 2.24. The molecule has 0 saturated carbocycles. The monoisotopic (exact) mass is 373 g/mol. The molecular formula is C22H23N5O. The quantitative estimate of drug-likeness (QED) is 0.706. The predicted molar refractivity (Wildman–Crippen MR) is 109 cm³/mol. The molecule has 3 heterocycles. The van der Waals surface area contributed by atoms with Crippen LogP contribution in [0.15, 0.2) is 54.7 Å². The fourth-order valence-corrected chi connectivity index (χ4v) is 3.42. The SMILES string of the molecule is Cc1nc(-c2ccccn2)nc(N2CCN(C(=O)c3ccccc3)CC2)c1C. The number of anilines is 1. The summed E-state index contributed by atoms with van der Waals surface area (Å²) in [5.74, 6) is 1.66. The molecule has 1 aliphatic rings. The number of aryl methyl sites for hydroxylation is 1. The van der Waals surface area contributed by atoms with Gasteiger partial charge in [-0.2, -0.15) is 0 Å². The molecule has 1 amide bonds. The molecule has 1 saturated heterocycles. The van der Waals surface area contributed by atoms with E-state index in [4.69, 9.17) is 4.98 Å². The Kier molecular flexibility index (Phi) is 5.02. The highest BCUT2D eigenvalue weighted by Gasteiger charge is 2.24. The fraction of sp³-hybridized carbons (Fsp3) is 0.273. The molecule has 6 heteroatoms. The summed E-state index contributed by atoms with van der Waals surface area (Å²) in [5, 5.41) is 0. The maximum absolute atomic E-state index is 12.7. The number of hydrogen-bond donors (Lipinski definition) is 0. The lowest BCUT2D eigenvalue weighted by molar-refractivity contribution is 0.0746. The molecule has 1 aliphatic heterocycles. The van der Waals surface area contributed by atoms with E-state index in [9.17, 15) is 4.79 Å². The number of benzene rings is 1. The lowest BCUT2D eigenvalue weighted by Gasteiger charge is -2.36. The number of amides is 1. The molecule has 28 heavy (non-hydrogen) atoms. The van der Waals surface area contributed by atoms with Crippen molar-refractivity contribution in [3.8, 4) is 11.5 Å². The molecule has 0 unspecified atom stereocenters. The van der Waals surface area contributed by atoms with Gasteiger partial charge in [-0.05, 0) is 38.1 Å². The molecule has 6 nitrogen and oxygen atoms in total. The van der Waals surface area contributed by atoms with Gasteiger partial charge in [0.1, 0.15) is 11.5 Å². The topological polar surface area (TPSA) is 62.2 Å². The molecule has 0 atom stereocenters. The number of rotatable bonds is 3. The minimum absolute atomic E-state index is 0.0880. The molecule has 0 N–H and O–H groups in total. The Hall–Kier alpha value is -3.28. The first-order valence-corrected chi connectivity index (χ1v) is 9.49. The third kappa shape index (κ3) is 3.58. The average Bonchev–Trinajstić information content (AvgIpc) is 2.76. The third-order valence-corrected chi connectivity index (χ3v) is 5.14. The minimum atomic E-state index is 0.0880. The smallest absolute Gasteiger partial charge is 0.253 e. The second kappa shape index (κ2) is 7.76. The van der Waals surface area contributed by atoms with Gasteiger partial charge in [-0.3, -0.25) is 9.78 Å². The van der Waals surface area contributed by atoms with Crippen LogP contribution in [-0.4, -0.2) is 51.9 Å². The van der Waals surface area contributed by atoms with Gasteiger partial charge in [-0.1, -0.05) is 24.3 Å². The van der Waals surface area contributed by atoms with Crippen molar-refractivity contribution in [3.63, 3.8) is 0 Å². The van der Waals surface area contributed by atoms with Gasteiger partial charge < -0.3 is 9.80 Å². The maximum Gasteiger partial charge on any atom is 0.253 e. The lowest BCUT2D eigenvalue weighted by atomic mass is 10.1. The maximum atomic E-state index is 12.7. The van der Waals surface area contributed by atoms with Crippen molar-refractivity contribution in [1.82, 2.24) is 19.9 Å². The third-order valence-electron chi connectivity index (χ3n) is 5.14. The summed E-state index contributed by atoms with van der Waals surface area (Å²) in [6.07, 6.45) is 1.75. The Morgan fingerprint density at radius 3 is 2.29 bits per heavy atom. The van der Waals surface area contributed by atoms with Crippen LogP contribution in [0.25, 0.3) is 11.5 Å². The summed E-state index contributed by atoms with van der Waals surface area (Å²) in [5.41, 5.74) is 3.53. The van der Waals surface area contributed by atoms with E-state index in [1.54, 1.807) is 6.20 Å². The first-order valence-electron chi connectivity index (χ1n) is 9.49. The number of nitrogens with zero attached hydrogens (tertiary/aromatic N) is 5. The second-order valence-electron chi connectivity index (χ2n) is 6.94. The van der Waals surface area contributed by atoms with Crippen molar-refractivity contribution in [2.24, 2.45) is 0 Å². The average molecular weight is 373 g/mol. The molecule has 4 rings (SSSR count). The van der Waals surface area contributed by atoms with Gasteiger partial charge >= 0.3 is 0 Å². The van der Waals surface area contributed by atoms with Gasteiger partial charge in [-0.15, -0.1) is 0 Å². The van der Waals surface area contributed by atoms with Gasteiger partial charge in [0.15, 0.2) is 5.82 Å². The second-order valence-corrected chi connectivity index (χ2v) is 6.94. The van der Waals surface area contributed by atoms with E-state index < -0.39 is 0 Å². The van der Waals surface area contributed by atoms with E-state index in [1.807, 2.05) is 67.3 Å². The zero-order valence-corrected chi connectivity index (χ0v) is 16.2. The van der Waals surface area contributed by atoms with E-state index in [0.29, 0.717) is 18.9 Å². The fourth-order valence-electron chi connectivity index (χ4n) is 3.42. The Morgan fingerprint density at radius 1 is 0.893 bits per heavy atom. The first-order chi connectivity index (χ1) is 13.6. The molecule has 142 valence electrons. The summed E-state index contributed by atoms with van der Waals surface area (Å²) < 4.78 is 0. The molecule has 2 aromatic heterocycles. The van der Waals surface area contributed by atoms with E-state index in [2.05, 4.69) is 14.9 Å². The summed E-state index contributed by atoms with van der Waals surface area (Å²) in [6.45, 7) is 6.90. The Labute approximate surface area is 164 Å². The zero-order chi connectivity index (χ0) is 19.5. The van der Waals surface area contributed by atoms with E-state index in [1.165, 1.54) is 0 Å². The minimum Gasteiger partial charge on any atom is -0.353 e. The van der Waals surface area contributed by atoms with Crippen LogP contribution in [0.2, 0.25) is 0 Å². The van der Waals surface area contributed by atoms with Gasteiger partial charge in [0, 0.05) is 49.2 Å². The lowest BCUT2D eigenvalue weighted by Crippen LogP contribution is -2.49.